The summed E-state index contributed by atoms with van der Waals surface area (Å²) in [6, 6.07) is 10.6. The number of halogens is 1. The van der Waals surface area contributed by atoms with Crippen molar-refractivity contribution in [3.8, 4) is 5.75 Å². The van der Waals surface area contributed by atoms with E-state index >= 15 is 0 Å². The molecule has 1 atom stereocenters. The van der Waals surface area contributed by atoms with E-state index in [1.807, 2.05) is 26.0 Å². The zero-order valence-electron chi connectivity index (χ0n) is 12.1. The molecule has 0 saturated heterocycles. The molecule has 1 unspecified atom stereocenters. The van der Waals surface area contributed by atoms with Gasteiger partial charge in [0.1, 0.15) is 6.61 Å². The molecule has 3 heteroatoms. The summed E-state index contributed by atoms with van der Waals surface area (Å²) in [5, 5.41) is 0. The van der Waals surface area contributed by atoms with Gasteiger partial charge in [0.2, 0.25) is 0 Å². The fraction of sp³-hybridized carbons (Fsp3) is 0.294. The molecule has 0 saturated carbocycles. The van der Waals surface area contributed by atoms with E-state index in [-0.39, 0.29) is 24.2 Å². The highest BCUT2D eigenvalue weighted by Gasteiger charge is 2.10. The van der Waals surface area contributed by atoms with Gasteiger partial charge in [-0.05, 0) is 55.2 Å². The second kappa shape index (κ2) is 6.06. The normalized spacial score (nSPS) is 12.2. The first kappa shape index (κ1) is 14.5. The summed E-state index contributed by atoms with van der Waals surface area (Å²) in [7, 11) is 0. The summed E-state index contributed by atoms with van der Waals surface area (Å²) < 4.78 is 19.1. The quantitative estimate of drug-likeness (QED) is 0.918. The Kier molecular flexibility index (Phi) is 4.40. The molecule has 20 heavy (non-hydrogen) atoms. The Morgan fingerprint density at radius 2 is 1.80 bits per heavy atom. The Balaban J connectivity index is 2.06. The molecule has 0 amide bonds. The molecular formula is C17H20FNO. The molecule has 0 spiro atoms. The highest BCUT2D eigenvalue weighted by molar-refractivity contribution is 5.32. The van der Waals surface area contributed by atoms with Gasteiger partial charge in [0, 0.05) is 0 Å². The van der Waals surface area contributed by atoms with Gasteiger partial charge in [0.05, 0.1) is 6.04 Å². The summed E-state index contributed by atoms with van der Waals surface area (Å²) >= 11 is 0. The maximum Gasteiger partial charge on any atom is 0.165 e. The molecule has 0 radical (unpaired) electrons. The maximum absolute atomic E-state index is 13.6. The van der Waals surface area contributed by atoms with Crippen molar-refractivity contribution in [1.82, 2.24) is 0 Å². The van der Waals surface area contributed by atoms with E-state index in [0.717, 1.165) is 11.1 Å². The number of benzene rings is 2. The van der Waals surface area contributed by atoms with E-state index in [1.54, 1.807) is 12.1 Å². The molecule has 0 aliphatic carbocycles. The van der Waals surface area contributed by atoms with Crippen molar-refractivity contribution in [2.24, 2.45) is 5.73 Å². The van der Waals surface area contributed by atoms with Crippen LogP contribution < -0.4 is 10.5 Å². The van der Waals surface area contributed by atoms with Gasteiger partial charge in [0.15, 0.2) is 11.6 Å². The predicted octanol–water partition coefficient (Wildman–Crippen LogP) is 3.83. The molecule has 0 aliphatic heterocycles. The zero-order valence-corrected chi connectivity index (χ0v) is 12.1. The second-order valence-electron chi connectivity index (χ2n) is 5.20. The number of aryl methyl sites for hydroxylation is 3. The van der Waals surface area contributed by atoms with Crippen molar-refractivity contribution >= 4 is 0 Å². The first-order chi connectivity index (χ1) is 9.47. The molecule has 2 aromatic rings. The average Bonchev–Trinajstić information content (AvgIpc) is 2.42. The molecule has 2 rings (SSSR count). The minimum absolute atomic E-state index is 0.253. The van der Waals surface area contributed by atoms with E-state index in [0.29, 0.717) is 0 Å². The summed E-state index contributed by atoms with van der Waals surface area (Å²) in [5.74, 6) is -0.104. The van der Waals surface area contributed by atoms with E-state index in [1.165, 1.54) is 17.2 Å². The number of hydrogen-bond acceptors (Lipinski definition) is 2. The van der Waals surface area contributed by atoms with Crippen molar-refractivity contribution in [3.05, 3.63) is 64.5 Å². The standard InChI is InChI=1S/C17H20FNO/c1-11-4-7-15(18)17(8-11)20-10-16(19)14-6-5-12(2)13(3)9-14/h4-9,16H,10,19H2,1-3H3. The minimum Gasteiger partial charge on any atom is -0.489 e. The molecule has 0 bridgehead atoms. The van der Waals surface area contributed by atoms with Crippen molar-refractivity contribution in [2.75, 3.05) is 6.61 Å². The number of ether oxygens (including phenoxy) is 1. The molecule has 0 fully saturated rings. The Bertz CT molecular complexity index is 610. The van der Waals surface area contributed by atoms with Gasteiger partial charge in [-0.2, -0.15) is 0 Å². The lowest BCUT2D eigenvalue weighted by atomic mass is 10.0. The lowest BCUT2D eigenvalue weighted by Gasteiger charge is -2.15. The Morgan fingerprint density at radius 1 is 1.05 bits per heavy atom. The molecule has 0 aromatic heterocycles. The third-order valence-electron chi connectivity index (χ3n) is 3.46. The van der Waals surface area contributed by atoms with Crippen LogP contribution in [0.15, 0.2) is 36.4 Å². The van der Waals surface area contributed by atoms with Gasteiger partial charge in [-0.1, -0.05) is 24.3 Å². The third-order valence-corrected chi connectivity index (χ3v) is 3.46. The summed E-state index contributed by atoms with van der Waals surface area (Å²) in [4.78, 5) is 0. The average molecular weight is 273 g/mol. The molecule has 2 aromatic carbocycles. The first-order valence-corrected chi connectivity index (χ1v) is 6.69. The zero-order chi connectivity index (χ0) is 14.7. The van der Waals surface area contributed by atoms with Crippen molar-refractivity contribution in [3.63, 3.8) is 0 Å². The van der Waals surface area contributed by atoms with Crippen molar-refractivity contribution in [1.29, 1.82) is 0 Å². The maximum atomic E-state index is 13.6. The highest BCUT2D eigenvalue weighted by Crippen LogP contribution is 2.21. The number of hydrogen-bond donors (Lipinski definition) is 1. The first-order valence-electron chi connectivity index (χ1n) is 6.69. The number of nitrogens with two attached hydrogens (primary N) is 1. The molecule has 106 valence electrons. The lowest BCUT2D eigenvalue weighted by molar-refractivity contribution is 0.277. The van der Waals surface area contributed by atoms with Crippen LogP contribution in [0.2, 0.25) is 0 Å². The van der Waals surface area contributed by atoms with Crippen molar-refractivity contribution < 1.29 is 9.13 Å². The van der Waals surface area contributed by atoms with Crippen LogP contribution in [0.4, 0.5) is 4.39 Å². The van der Waals surface area contributed by atoms with E-state index in [4.69, 9.17) is 10.5 Å². The second-order valence-corrected chi connectivity index (χ2v) is 5.20. The molecule has 2 nitrogen and oxygen atoms in total. The number of rotatable bonds is 4. The van der Waals surface area contributed by atoms with Crippen LogP contribution >= 0.6 is 0 Å². The molecule has 2 N–H and O–H groups in total. The summed E-state index contributed by atoms with van der Waals surface area (Å²) in [5.41, 5.74) is 10.5. The lowest BCUT2D eigenvalue weighted by Crippen LogP contribution is -2.19. The Morgan fingerprint density at radius 3 is 2.50 bits per heavy atom. The van der Waals surface area contributed by atoms with Gasteiger partial charge in [-0.25, -0.2) is 4.39 Å². The van der Waals surface area contributed by atoms with E-state index in [2.05, 4.69) is 13.0 Å². The van der Waals surface area contributed by atoms with Crippen LogP contribution in [0.25, 0.3) is 0 Å². The Hall–Kier alpha value is -1.87. The van der Waals surface area contributed by atoms with Crippen LogP contribution in [0, 0.1) is 26.6 Å². The topological polar surface area (TPSA) is 35.2 Å². The fourth-order valence-corrected chi connectivity index (χ4v) is 1.99. The van der Waals surface area contributed by atoms with Crippen LogP contribution in [0.3, 0.4) is 0 Å². The summed E-state index contributed by atoms with van der Waals surface area (Å²) in [6.07, 6.45) is 0. The summed E-state index contributed by atoms with van der Waals surface area (Å²) in [6.45, 7) is 6.26. The van der Waals surface area contributed by atoms with E-state index < -0.39 is 0 Å². The minimum atomic E-state index is -0.358. The van der Waals surface area contributed by atoms with Gasteiger partial charge < -0.3 is 10.5 Å². The van der Waals surface area contributed by atoms with Crippen LogP contribution in [0.1, 0.15) is 28.3 Å². The highest BCUT2D eigenvalue weighted by atomic mass is 19.1. The van der Waals surface area contributed by atoms with Gasteiger partial charge >= 0.3 is 0 Å². The molecule has 0 heterocycles. The predicted molar refractivity (Wildman–Crippen MR) is 79.5 cm³/mol. The molecule has 0 aliphatic rings. The van der Waals surface area contributed by atoms with E-state index in [9.17, 15) is 4.39 Å². The van der Waals surface area contributed by atoms with Crippen molar-refractivity contribution in [2.45, 2.75) is 26.8 Å². The van der Waals surface area contributed by atoms with Gasteiger partial charge in [0.25, 0.3) is 0 Å². The SMILES string of the molecule is Cc1ccc(F)c(OCC(N)c2ccc(C)c(C)c2)c1. The van der Waals surface area contributed by atoms with Gasteiger partial charge in [-0.3, -0.25) is 0 Å². The van der Waals surface area contributed by atoms with Gasteiger partial charge in [-0.15, -0.1) is 0 Å². The third kappa shape index (κ3) is 3.36. The molecular weight excluding hydrogens is 253 g/mol. The van der Waals surface area contributed by atoms with Crippen LogP contribution in [-0.2, 0) is 0 Å². The smallest absolute Gasteiger partial charge is 0.165 e. The Labute approximate surface area is 119 Å². The fourth-order valence-electron chi connectivity index (χ4n) is 1.99. The largest absolute Gasteiger partial charge is 0.489 e. The van der Waals surface area contributed by atoms with Crippen LogP contribution in [0.5, 0.6) is 5.75 Å². The van der Waals surface area contributed by atoms with Crippen LogP contribution in [-0.4, -0.2) is 6.61 Å². The monoisotopic (exact) mass is 273 g/mol.